The molecule has 0 aliphatic carbocycles. The molecule has 2 heterocycles. The summed E-state index contributed by atoms with van der Waals surface area (Å²) in [4.78, 5) is 0. The number of para-hydroxylation sites is 2. The van der Waals surface area contributed by atoms with Crippen molar-refractivity contribution in [1.29, 1.82) is 15.8 Å². The standard InChI is InChI=1S/C45H25N5/c46-26-29-16-19-43-38(22-29)36-12-3-5-14-41(36)49(43)34-10-7-9-31(24-34)32-18-21-45(40(25-32)35-11-2-1-8-33(35)28-48)50-42-15-6-4-13-37(42)39-23-30(27-47)17-20-44(39)50/h1-25H. The van der Waals surface area contributed by atoms with E-state index in [9.17, 15) is 15.8 Å². The molecule has 50 heavy (non-hydrogen) atoms. The average molecular weight is 636 g/mol. The zero-order valence-corrected chi connectivity index (χ0v) is 26.7. The van der Waals surface area contributed by atoms with Crippen LogP contribution in [0, 0.1) is 34.0 Å². The van der Waals surface area contributed by atoms with Gasteiger partial charge in [0.15, 0.2) is 0 Å². The second-order valence-electron chi connectivity index (χ2n) is 12.3. The Morgan fingerprint density at radius 3 is 1.64 bits per heavy atom. The fourth-order valence-corrected chi connectivity index (χ4v) is 7.39. The third-order valence-electron chi connectivity index (χ3n) is 9.62. The lowest BCUT2D eigenvalue weighted by Crippen LogP contribution is -1.99. The molecule has 5 heteroatoms. The second-order valence-corrected chi connectivity index (χ2v) is 12.3. The largest absolute Gasteiger partial charge is 0.309 e. The van der Waals surface area contributed by atoms with Gasteiger partial charge in [-0.05, 0) is 90.0 Å². The van der Waals surface area contributed by atoms with Crippen molar-refractivity contribution in [1.82, 2.24) is 9.13 Å². The summed E-state index contributed by atoms with van der Waals surface area (Å²) in [5, 5.41) is 33.7. The minimum absolute atomic E-state index is 0.592. The molecule has 0 amide bonds. The zero-order valence-electron chi connectivity index (χ0n) is 26.7. The molecule has 0 spiro atoms. The van der Waals surface area contributed by atoms with Crippen molar-refractivity contribution in [3.63, 3.8) is 0 Å². The smallest absolute Gasteiger partial charge is 0.0998 e. The highest BCUT2D eigenvalue weighted by molar-refractivity contribution is 6.11. The Labute approximate surface area is 287 Å². The predicted molar refractivity (Wildman–Crippen MR) is 200 cm³/mol. The zero-order chi connectivity index (χ0) is 33.8. The summed E-state index contributed by atoms with van der Waals surface area (Å²) in [7, 11) is 0. The van der Waals surface area contributed by atoms with E-state index in [-0.39, 0.29) is 0 Å². The number of nitriles is 3. The molecule has 9 rings (SSSR count). The molecule has 0 bridgehead atoms. The minimum Gasteiger partial charge on any atom is -0.309 e. The van der Waals surface area contributed by atoms with Crippen LogP contribution in [0.2, 0.25) is 0 Å². The Balaban J connectivity index is 1.28. The minimum atomic E-state index is 0.592. The van der Waals surface area contributed by atoms with E-state index in [4.69, 9.17) is 0 Å². The van der Waals surface area contributed by atoms with Gasteiger partial charge in [0.2, 0.25) is 0 Å². The molecule has 0 aliphatic rings. The highest BCUT2D eigenvalue weighted by Crippen LogP contribution is 2.40. The van der Waals surface area contributed by atoms with Crippen LogP contribution in [0.1, 0.15) is 16.7 Å². The van der Waals surface area contributed by atoms with Crippen molar-refractivity contribution >= 4 is 43.6 Å². The van der Waals surface area contributed by atoms with Gasteiger partial charge < -0.3 is 9.13 Å². The summed E-state index contributed by atoms with van der Waals surface area (Å²) in [6.07, 6.45) is 0. The topological polar surface area (TPSA) is 81.2 Å². The highest BCUT2D eigenvalue weighted by atomic mass is 15.0. The first-order valence-corrected chi connectivity index (χ1v) is 16.3. The third-order valence-corrected chi connectivity index (χ3v) is 9.62. The molecule has 0 radical (unpaired) electrons. The monoisotopic (exact) mass is 635 g/mol. The van der Waals surface area contributed by atoms with Crippen LogP contribution in [-0.4, -0.2) is 9.13 Å². The van der Waals surface area contributed by atoms with Gasteiger partial charge in [0, 0.05) is 38.4 Å². The first-order valence-electron chi connectivity index (χ1n) is 16.3. The van der Waals surface area contributed by atoms with Crippen LogP contribution in [0.5, 0.6) is 0 Å². The Morgan fingerprint density at radius 1 is 0.380 bits per heavy atom. The van der Waals surface area contributed by atoms with Crippen molar-refractivity contribution in [2.45, 2.75) is 0 Å². The molecule has 0 aliphatic heterocycles. The molecule has 0 atom stereocenters. The van der Waals surface area contributed by atoms with E-state index in [1.54, 1.807) is 0 Å². The molecule has 9 aromatic rings. The summed E-state index contributed by atoms with van der Waals surface area (Å²) in [6, 6.07) is 57.9. The molecular formula is C45H25N5. The lowest BCUT2D eigenvalue weighted by atomic mass is 9.94. The molecule has 0 saturated heterocycles. The Kier molecular flexibility index (Phi) is 6.56. The first kappa shape index (κ1) is 28.8. The molecule has 0 saturated carbocycles. The van der Waals surface area contributed by atoms with Crippen molar-refractivity contribution in [3.05, 3.63) is 168 Å². The van der Waals surface area contributed by atoms with E-state index in [2.05, 4.69) is 94.1 Å². The number of rotatable bonds is 4. The number of nitrogens with zero attached hydrogens (tertiary/aromatic N) is 5. The van der Waals surface area contributed by atoms with Crippen molar-refractivity contribution in [2.24, 2.45) is 0 Å². The average Bonchev–Trinajstić information content (AvgIpc) is 3.69. The molecule has 5 nitrogen and oxygen atoms in total. The fraction of sp³-hybridized carbons (Fsp3) is 0. The van der Waals surface area contributed by atoms with Gasteiger partial charge >= 0.3 is 0 Å². The Bertz CT molecular complexity index is 2970. The van der Waals surface area contributed by atoms with Gasteiger partial charge in [-0.25, -0.2) is 0 Å². The number of fused-ring (bicyclic) bond motifs is 6. The van der Waals surface area contributed by atoms with Gasteiger partial charge in [-0.1, -0.05) is 72.8 Å². The summed E-state index contributed by atoms with van der Waals surface area (Å²) in [5.41, 5.74) is 11.7. The quantitative estimate of drug-likeness (QED) is 0.193. The van der Waals surface area contributed by atoms with Gasteiger partial charge in [-0.3, -0.25) is 0 Å². The van der Waals surface area contributed by atoms with Crippen LogP contribution in [0.4, 0.5) is 0 Å². The van der Waals surface area contributed by atoms with Gasteiger partial charge in [-0.15, -0.1) is 0 Å². The normalized spacial score (nSPS) is 11.1. The molecule has 230 valence electrons. The maximum atomic E-state index is 10.2. The van der Waals surface area contributed by atoms with E-state index >= 15 is 0 Å². The van der Waals surface area contributed by atoms with Crippen LogP contribution in [-0.2, 0) is 0 Å². The summed E-state index contributed by atoms with van der Waals surface area (Å²) in [6.45, 7) is 0. The number of hydrogen-bond acceptors (Lipinski definition) is 3. The lowest BCUT2D eigenvalue weighted by molar-refractivity contribution is 1.18. The highest BCUT2D eigenvalue weighted by Gasteiger charge is 2.19. The maximum Gasteiger partial charge on any atom is 0.0998 e. The van der Waals surface area contributed by atoms with Crippen molar-refractivity contribution in [3.8, 4) is 51.8 Å². The first-order chi connectivity index (χ1) is 24.7. The van der Waals surface area contributed by atoms with Crippen LogP contribution in [0.3, 0.4) is 0 Å². The number of benzene rings is 7. The van der Waals surface area contributed by atoms with E-state index in [1.165, 1.54) is 0 Å². The molecule has 0 N–H and O–H groups in total. The van der Waals surface area contributed by atoms with E-state index in [0.717, 1.165) is 77.2 Å². The molecular weight excluding hydrogens is 611 g/mol. The van der Waals surface area contributed by atoms with E-state index in [0.29, 0.717) is 16.7 Å². The molecule has 2 aromatic heterocycles. The van der Waals surface area contributed by atoms with Gasteiger partial charge in [0.05, 0.1) is 62.7 Å². The second kappa shape index (κ2) is 11.4. The van der Waals surface area contributed by atoms with Gasteiger partial charge in [-0.2, -0.15) is 15.8 Å². The molecule has 7 aromatic carbocycles. The van der Waals surface area contributed by atoms with Crippen LogP contribution < -0.4 is 0 Å². The summed E-state index contributed by atoms with van der Waals surface area (Å²) < 4.78 is 4.49. The fourth-order valence-electron chi connectivity index (χ4n) is 7.39. The Hall–Kier alpha value is -7.39. The van der Waals surface area contributed by atoms with Crippen LogP contribution >= 0.6 is 0 Å². The summed E-state index contributed by atoms with van der Waals surface area (Å²) >= 11 is 0. The van der Waals surface area contributed by atoms with E-state index < -0.39 is 0 Å². The SMILES string of the molecule is N#Cc1ccc2c(c1)c1ccccc1n2-c1cccc(-c2ccc(-n3c4ccccc4c4cc(C#N)ccc43)c(-c3ccccc3C#N)c2)c1. The molecule has 0 unspecified atom stereocenters. The number of hydrogen-bond donors (Lipinski definition) is 0. The van der Waals surface area contributed by atoms with E-state index in [1.807, 2.05) is 84.9 Å². The van der Waals surface area contributed by atoms with Gasteiger partial charge in [0.1, 0.15) is 0 Å². The summed E-state index contributed by atoms with van der Waals surface area (Å²) in [5.74, 6) is 0. The predicted octanol–water partition coefficient (Wildman–Crippen LogP) is 10.8. The van der Waals surface area contributed by atoms with Crippen LogP contribution in [0.15, 0.2) is 152 Å². The Morgan fingerprint density at radius 2 is 0.960 bits per heavy atom. The van der Waals surface area contributed by atoms with Gasteiger partial charge in [0.25, 0.3) is 0 Å². The van der Waals surface area contributed by atoms with Crippen molar-refractivity contribution in [2.75, 3.05) is 0 Å². The lowest BCUT2D eigenvalue weighted by Gasteiger charge is -2.17. The van der Waals surface area contributed by atoms with Crippen molar-refractivity contribution < 1.29 is 0 Å². The maximum absolute atomic E-state index is 10.2. The molecule has 0 fully saturated rings. The van der Waals surface area contributed by atoms with Crippen LogP contribution in [0.25, 0.3) is 77.2 Å². The third kappa shape index (κ3) is 4.38. The number of aromatic nitrogens is 2.